The Hall–Kier alpha value is -3.86. The Morgan fingerprint density at radius 3 is 2.73 bits per heavy atom. The van der Waals surface area contributed by atoms with Crippen molar-refractivity contribution in [3.63, 3.8) is 0 Å². The van der Waals surface area contributed by atoms with Crippen LogP contribution in [0.5, 0.6) is 11.6 Å². The van der Waals surface area contributed by atoms with Gasteiger partial charge in [-0.2, -0.15) is 10.2 Å². The number of nitrogens with one attached hydrogen (secondary N) is 1. The van der Waals surface area contributed by atoms with Crippen LogP contribution >= 0.6 is 0 Å². The summed E-state index contributed by atoms with van der Waals surface area (Å²) in [5.74, 6) is -0.917. The van der Waals surface area contributed by atoms with Crippen molar-refractivity contribution < 1.29 is 14.6 Å². The smallest absolute Gasteiger partial charge is 0.413 e. The Bertz CT molecular complexity index is 1080. The van der Waals surface area contributed by atoms with Gasteiger partial charge in [0.05, 0.1) is 11.9 Å². The number of nitrogens with zero attached hydrogens (tertiary/aromatic N) is 3. The Morgan fingerprint density at radius 1 is 1.35 bits per heavy atom. The van der Waals surface area contributed by atoms with Crippen molar-refractivity contribution >= 4 is 16.9 Å². The van der Waals surface area contributed by atoms with E-state index >= 15 is 0 Å². The van der Waals surface area contributed by atoms with E-state index in [-0.39, 0.29) is 16.5 Å². The molecule has 1 aromatic carbocycles. The number of carbonyl (C=O) groups is 1. The van der Waals surface area contributed by atoms with E-state index in [1.165, 1.54) is 23.9 Å². The molecule has 8 nitrogen and oxygen atoms in total. The minimum absolute atomic E-state index is 0.0345. The summed E-state index contributed by atoms with van der Waals surface area (Å²) in [7, 11) is 1.34. The topological polar surface area (TPSA) is 117 Å². The van der Waals surface area contributed by atoms with Gasteiger partial charge in [0.1, 0.15) is 6.07 Å². The average Bonchev–Trinajstić information content (AvgIpc) is 2.66. The SMILES string of the molecule is CNC(=O)Oc1nc(C#N)c2c(=O)n(Cc3ccccc3)ccc2c1O. The monoisotopic (exact) mass is 350 g/mol. The predicted octanol–water partition coefficient (Wildman–Crippen LogP) is 1.74. The average molecular weight is 350 g/mol. The van der Waals surface area contributed by atoms with Crippen LogP contribution in [-0.2, 0) is 6.54 Å². The second-order valence-corrected chi connectivity index (χ2v) is 5.39. The zero-order chi connectivity index (χ0) is 18.7. The highest BCUT2D eigenvalue weighted by Crippen LogP contribution is 2.32. The number of ether oxygens (including phenoxy) is 1. The number of benzene rings is 1. The molecule has 0 aliphatic heterocycles. The number of nitriles is 1. The van der Waals surface area contributed by atoms with Crippen LogP contribution in [0.3, 0.4) is 0 Å². The van der Waals surface area contributed by atoms with Gasteiger partial charge < -0.3 is 19.7 Å². The summed E-state index contributed by atoms with van der Waals surface area (Å²) in [5.41, 5.74) is 0.200. The first kappa shape index (κ1) is 17.0. The number of fused-ring (bicyclic) bond motifs is 1. The summed E-state index contributed by atoms with van der Waals surface area (Å²) in [6.45, 7) is 0.303. The zero-order valence-electron chi connectivity index (χ0n) is 13.8. The van der Waals surface area contributed by atoms with Crippen molar-refractivity contribution in [1.29, 1.82) is 5.26 Å². The Labute approximate surface area is 147 Å². The maximum absolute atomic E-state index is 12.8. The van der Waals surface area contributed by atoms with Crippen molar-refractivity contribution in [2.24, 2.45) is 0 Å². The van der Waals surface area contributed by atoms with Crippen molar-refractivity contribution in [2.45, 2.75) is 6.54 Å². The van der Waals surface area contributed by atoms with Gasteiger partial charge in [0.15, 0.2) is 11.4 Å². The van der Waals surface area contributed by atoms with E-state index in [0.29, 0.717) is 6.54 Å². The lowest BCUT2D eigenvalue weighted by molar-refractivity contribution is 0.199. The molecule has 0 fully saturated rings. The van der Waals surface area contributed by atoms with Crippen molar-refractivity contribution in [1.82, 2.24) is 14.9 Å². The fraction of sp³-hybridized carbons (Fsp3) is 0.111. The maximum atomic E-state index is 12.8. The molecule has 2 N–H and O–H groups in total. The van der Waals surface area contributed by atoms with Crippen molar-refractivity contribution in [3.8, 4) is 17.7 Å². The quantitative estimate of drug-likeness (QED) is 0.743. The van der Waals surface area contributed by atoms with Crippen LogP contribution < -0.4 is 15.6 Å². The Kier molecular flexibility index (Phi) is 4.53. The molecule has 2 aromatic heterocycles. The molecule has 0 radical (unpaired) electrons. The van der Waals surface area contributed by atoms with E-state index in [4.69, 9.17) is 4.74 Å². The third kappa shape index (κ3) is 3.06. The molecular weight excluding hydrogens is 336 g/mol. The van der Waals surface area contributed by atoms with Gasteiger partial charge in [0.2, 0.25) is 0 Å². The summed E-state index contributed by atoms with van der Waals surface area (Å²) in [6, 6.07) is 12.6. The molecule has 26 heavy (non-hydrogen) atoms. The summed E-state index contributed by atoms with van der Waals surface area (Å²) in [5, 5.41) is 21.9. The number of amides is 1. The van der Waals surface area contributed by atoms with E-state index in [0.717, 1.165) is 5.56 Å². The summed E-state index contributed by atoms with van der Waals surface area (Å²) >= 11 is 0. The van der Waals surface area contributed by atoms with Crippen LogP contribution in [-0.4, -0.2) is 27.8 Å². The lowest BCUT2D eigenvalue weighted by Crippen LogP contribution is -2.24. The standard InChI is InChI=1S/C18H14N4O4/c1-20-18(25)26-16-15(23)12-7-8-22(10-11-5-3-2-4-6-11)17(24)14(12)13(9-19)21-16/h2-8,23H,10H2,1H3,(H,20,25). The van der Waals surface area contributed by atoms with Crippen LogP contribution in [0.2, 0.25) is 0 Å². The van der Waals surface area contributed by atoms with Gasteiger partial charge in [-0.25, -0.2) is 4.79 Å². The summed E-state index contributed by atoms with van der Waals surface area (Å²) in [4.78, 5) is 28.0. The fourth-order valence-corrected chi connectivity index (χ4v) is 2.52. The van der Waals surface area contributed by atoms with E-state index < -0.39 is 23.3 Å². The Morgan fingerprint density at radius 2 is 2.08 bits per heavy atom. The minimum Gasteiger partial charge on any atom is -0.503 e. The van der Waals surface area contributed by atoms with E-state index in [2.05, 4.69) is 10.3 Å². The van der Waals surface area contributed by atoms with Crippen LogP contribution in [0.25, 0.3) is 10.8 Å². The van der Waals surface area contributed by atoms with Crippen molar-refractivity contribution in [3.05, 3.63) is 64.2 Å². The normalized spacial score (nSPS) is 10.3. The van der Waals surface area contributed by atoms with E-state index in [1.807, 2.05) is 36.4 Å². The van der Waals surface area contributed by atoms with Gasteiger partial charge >= 0.3 is 6.09 Å². The molecule has 0 aliphatic carbocycles. The first-order chi connectivity index (χ1) is 12.5. The molecule has 0 bridgehead atoms. The number of pyridine rings is 2. The molecule has 0 spiro atoms. The highest BCUT2D eigenvalue weighted by Gasteiger charge is 2.20. The van der Waals surface area contributed by atoms with Crippen LogP contribution in [0.1, 0.15) is 11.3 Å². The van der Waals surface area contributed by atoms with Gasteiger partial charge in [-0.15, -0.1) is 0 Å². The summed E-state index contributed by atoms with van der Waals surface area (Å²) in [6.07, 6.45) is 0.649. The third-order valence-corrected chi connectivity index (χ3v) is 3.77. The molecule has 1 amide bonds. The fourth-order valence-electron chi connectivity index (χ4n) is 2.52. The second-order valence-electron chi connectivity index (χ2n) is 5.39. The molecule has 130 valence electrons. The van der Waals surface area contributed by atoms with Crippen LogP contribution in [0.15, 0.2) is 47.4 Å². The number of aromatic nitrogens is 2. The van der Waals surface area contributed by atoms with Gasteiger partial charge in [-0.1, -0.05) is 30.3 Å². The van der Waals surface area contributed by atoms with E-state index in [9.17, 15) is 20.0 Å². The highest BCUT2D eigenvalue weighted by molar-refractivity contribution is 5.92. The number of hydrogen-bond donors (Lipinski definition) is 2. The largest absolute Gasteiger partial charge is 0.503 e. The number of carbonyl (C=O) groups excluding carboxylic acids is 1. The van der Waals surface area contributed by atoms with Gasteiger partial charge in [0.25, 0.3) is 11.4 Å². The lowest BCUT2D eigenvalue weighted by atomic mass is 10.1. The van der Waals surface area contributed by atoms with E-state index in [1.54, 1.807) is 0 Å². The highest BCUT2D eigenvalue weighted by atomic mass is 16.6. The van der Waals surface area contributed by atoms with Crippen LogP contribution in [0, 0.1) is 11.3 Å². The number of rotatable bonds is 3. The van der Waals surface area contributed by atoms with Gasteiger partial charge in [-0.05, 0) is 11.6 Å². The number of hydrogen-bond acceptors (Lipinski definition) is 6. The molecule has 0 unspecified atom stereocenters. The molecule has 3 aromatic rings. The summed E-state index contributed by atoms with van der Waals surface area (Å²) < 4.78 is 6.26. The first-order valence-corrected chi connectivity index (χ1v) is 7.65. The van der Waals surface area contributed by atoms with Crippen LogP contribution in [0.4, 0.5) is 4.79 Å². The van der Waals surface area contributed by atoms with Crippen molar-refractivity contribution in [2.75, 3.05) is 7.05 Å². The molecule has 2 heterocycles. The molecule has 0 saturated heterocycles. The first-order valence-electron chi connectivity index (χ1n) is 7.65. The molecule has 3 rings (SSSR count). The Balaban J connectivity index is 2.16. The molecule has 0 atom stereocenters. The molecule has 8 heteroatoms. The third-order valence-electron chi connectivity index (χ3n) is 3.77. The molecular formula is C18H14N4O4. The maximum Gasteiger partial charge on any atom is 0.413 e. The zero-order valence-corrected chi connectivity index (χ0v) is 13.8. The number of aromatic hydroxyl groups is 1. The molecule has 0 saturated carbocycles. The van der Waals surface area contributed by atoms with Gasteiger partial charge in [-0.3, -0.25) is 4.79 Å². The molecule has 0 aliphatic rings. The minimum atomic E-state index is -0.853. The second kappa shape index (κ2) is 6.94. The lowest BCUT2D eigenvalue weighted by Gasteiger charge is -2.11. The van der Waals surface area contributed by atoms with Gasteiger partial charge in [0, 0.05) is 18.6 Å². The predicted molar refractivity (Wildman–Crippen MR) is 93.0 cm³/mol.